The van der Waals surface area contributed by atoms with Gasteiger partial charge in [-0.3, -0.25) is 4.90 Å². The average molecular weight is 345 g/mol. The summed E-state index contributed by atoms with van der Waals surface area (Å²) in [6.07, 6.45) is 1.18. The van der Waals surface area contributed by atoms with Gasteiger partial charge in [0, 0.05) is 49.4 Å². The zero-order valence-corrected chi connectivity index (χ0v) is 15.0. The maximum absolute atomic E-state index is 11.5. The van der Waals surface area contributed by atoms with E-state index in [1.54, 1.807) is 0 Å². The van der Waals surface area contributed by atoms with Crippen molar-refractivity contribution < 1.29 is 4.42 Å². The number of aryl methyl sites for hydroxylation is 1. The van der Waals surface area contributed by atoms with Crippen molar-refractivity contribution in [1.82, 2.24) is 9.80 Å². The van der Waals surface area contributed by atoms with Gasteiger partial charge in [0.15, 0.2) is 5.11 Å². The molecule has 1 aromatic carbocycles. The van der Waals surface area contributed by atoms with Gasteiger partial charge < -0.3 is 14.6 Å². The molecule has 3 rings (SSSR count). The van der Waals surface area contributed by atoms with Gasteiger partial charge in [0.2, 0.25) is 0 Å². The van der Waals surface area contributed by atoms with E-state index in [4.69, 9.17) is 16.6 Å². The molecule has 0 radical (unpaired) electrons. The van der Waals surface area contributed by atoms with Crippen LogP contribution in [0.4, 0.5) is 5.69 Å². The van der Waals surface area contributed by atoms with Gasteiger partial charge in [0.05, 0.1) is 0 Å². The van der Waals surface area contributed by atoms with Crippen LogP contribution >= 0.6 is 12.2 Å². The van der Waals surface area contributed by atoms with Crippen LogP contribution in [-0.4, -0.2) is 47.6 Å². The quantitative estimate of drug-likeness (QED) is 0.682. The molecule has 2 aromatic rings. The van der Waals surface area contributed by atoms with Crippen molar-refractivity contribution in [1.29, 1.82) is 0 Å². The topological polar surface area (TPSA) is 48.7 Å². The van der Waals surface area contributed by atoms with Crippen LogP contribution < -0.4 is 10.9 Å². The first-order valence-corrected chi connectivity index (χ1v) is 8.80. The smallest absolute Gasteiger partial charge is 0.336 e. The van der Waals surface area contributed by atoms with E-state index >= 15 is 0 Å². The van der Waals surface area contributed by atoms with Crippen molar-refractivity contribution in [2.24, 2.45) is 0 Å². The Morgan fingerprint density at radius 3 is 2.71 bits per heavy atom. The summed E-state index contributed by atoms with van der Waals surface area (Å²) in [5, 5.41) is 4.93. The van der Waals surface area contributed by atoms with E-state index in [2.05, 4.69) is 22.0 Å². The molecule has 1 fully saturated rings. The van der Waals surface area contributed by atoms with Crippen LogP contribution in [0.1, 0.15) is 18.9 Å². The summed E-state index contributed by atoms with van der Waals surface area (Å²) >= 11 is 5.54. The molecular formula is C18H23N3O2S. The number of piperazine rings is 1. The average Bonchev–Trinajstić information content (AvgIpc) is 2.55. The molecule has 128 valence electrons. The molecule has 1 saturated heterocycles. The molecule has 2 heterocycles. The summed E-state index contributed by atoms with van der Waals surface area (Å²) in [5.41, 5.74) is 2.02. The number of fused-ring (bicyclic) bond motifs is 1. The van der Waals surface area contributed by atoms with Crippen LogP contribution in [0.3, 0.4) is 0 Å². The monoisotopic (exact) mass is 345 g/mol. The van der Waals surface area contributed by atoms with Gasteiger partial charge >= 0.3 is 5.63 Å². The van der Waals surface area contributed by atoms with E-state index in [1.807, 2.05) is 25.1 Å². The van der Waals surface area contributed by atoms with Crippen LogP contribution in [-0.2, 0) is 0 Å². The van der Waals surface area contributed by atoms with Gasteiger partial charge in [-0.1, -0.05) is 6.92 Å². The Balaban J connectivity index is 1.69. The Morgan fingerprint density at radius 2 is 2.00 bits per heavy atom. The summed E-state index contributed by atoms with van der Waals surface area (Å²) in [6, 6.07) is 7.27. The third-order valence-electron chi connectivity index (χ3n) is 4.40. The zero-order valence-electron chi connectivity index (χ0n) is 14.2. The highest BCUT2D eigenvalue weighted by Crippen LogP contribution is 2.21. The third kappa shape index (κ3) is 3.76. The summed E-state index contributed by atoms with van der Waals surface area (Å²) in [7, 11) is 0. The minimum atomic E-state index is -0.327. The van der Waals surface area contributed by atoms with E-state index in [-0.39, 0.29) is 5.63 Å². The number of rotatable bonds is 3. The predicted molar refractivity (Wildman–Crippen MR) is 102 cm³/mol. The first kappa shape index (κ1) is 16.9. The SMILES string of the molecule is CCCN1CCN(C(=S)Nc2ccc3c(C)cc(=O)oc3c2)CC1. The van der Waals surface area contributed by atoms with Crippen molar-refractivity contribution in [3.63, 3.8) is 0 Å². The van der Waals surface area contributed by atoms with Crippen LogP contribution in [0.25, 0.3) is 11.0 Å². The second-order valence-corrected chi connectivity index (χ2v) is 6.60. The Hall–Kier alpha value is -1.92. The van der Waals surface area contributed by atoms with E-state index in [1.165, 1.54) is 12.5 Å². The number of nitrogens with one attached hydrogen (secondary N) is 1. The number of anilines is 1. The molecule has 1 aliphatic rings. The molecule has 0 unspecified atom stereocenters. The van der Waals surface area contributed by atoms with Gasteiger partial charge in [0.1, 0.15) is 5.58 Å². The van der Waals surface area contributed by atoms with Crippen LogP contribution in [0.2, 0.25) is 0 Å². The molecule has 1 aliphatic heterocycles. The van der Waals surface area contributed by atoms with Crippen molar-refractivity contribution in [3.8, 4) is 0 Å². The first-order valence-electron chi connectivity index (χ1n) is 8.39. The molecule has 6 heteroatoms. The lowest BCUT2D eigenvalue weighted by Crippen LogP contribution is -2.49. The molecule has 0 bridgehead atoms. The highest BCUT2D eigenvalue weighted by molar-refractivity contribution is 7.80. The minimum absolute atomic E-state index is 0.327. The molecular weight excluding hydrogens is 322 g/mol. The molecule has 1 aromatic heterocycles. The lowest BCUT2D eigenvalue weighted by molar-refractivity contribution is 0.184. The molecule has 0 spiro atoms. The lowest BCUT2D eigenvalue weighted by atomic mass is 10.1. The summed E-state index contributed by atoms with van der Waals surface area (Å²) in [5.74, 6) is 0. The number of hydrogen-bond acceptors (Lipinski definition) is 4. The molecule has 0 saturated carbocycles. The molecule has 0 aliphatic carbocycles. The second kappa shape index (κ2) is 7.32. The normalized spacial score (nSPS) is 15.7. The molecule has 0 atom stereocenters. The van der Waals surface area contributed by atoms with Crippen LogP contribution in [0.15, 0.2) is 33.5 Å². The number of nitrogens with zero attached hydrogens (tertiary/aromatic N) is 2. The maximum Gasteiger partial charge on any atom is 0.336 e. The van der Waals surface area contributed by atoms with Gasteiger partial charge in [-0.25, -0.2) is 4.79 Å². The minimum Gasteiger partial charge on any atom is -0.423 e. The predicted octanol–water partition coefficient (Wildman–Crippen LogP) is 2.83. The van der Waals surface area contributed by atoms with E-state index in [0.29, 0.717) is 5.58 Å². The molecule has 5 nitrogen and oxygen atoms in total. The van der Waals surface area contributed by atoms with E-state index < -0.39 is 0 Å². The molecule has 0 amide bonds. The maximum atomic E-state index is 11.5. The standard InChI is InChI=1S/C18H23N3O2S/c1-3-6-20-7-9-21(10-8-20)18(24)19-14-4-5-15-13(2)11-17(22)23-16(15)12-14/h4-5,11-12H,3,6-10H2,1-2H3,(H,19,24). The van der Waals surface area contributed by atoms with Gasteiger partial charge in [-0.2, -0.15) is 0 Å². The Labute approximate surface area is 147 Å². The third-order valence-corrected chi connectivity index (χ3v) is 4.76. The van der Waals surface area contributed by atoms with Gasteiger partial charge in [0.25, 0.3) is 0 Å². The van der Waals surface area contributed by atoms with E-state index in [9.17, 15) is 4.79 Å². The summed E-state index contributed by atoms with van der Waals surface area (Å²) in [6.45, 7) is 9.23. The fourth-order valence-electron chi connectivity index (χ4n) is 3.10. The second-order valence-electron chi connectivity index (χ2n) is 6.22. The fraction of sp³-hybridized carbons (Fsp3) is 0.444. The van der Waals surface area contributed by atoms with Crippen molar-refractivity contribution >= 4 is 34.0 Å². The Morgan fingerprint density at radius 1 is 1.25 bits per heavy atom. The fourth-order valence-corrected chi connectivity index (χ4v) is 3.40. The number of hydrogen-bond donors (Lipinski definition) is 1. The number of thiocarbonyl (C=S) groups is 1. The van der Waals surface area contributed by atoms with Gasteiger partial charge in [-0.15, -0.1) is 0 Å². The Bertz CT molecular complexity index is 794. The highest BCUT2D eigenvalue weighted by Gasteiger charge is 2.18. The lowest BCUT2D eigenvalue weighted by Gasteiger charge is -2.36. The molecule has 24 heavy (non-hydrogen) atoms. The van der Waals surface area contributed by atoms with Crippen LogP contribution in [0.5, 0.6) is 0 Å². The summed E-state index contributed by atoms with van der Waals surface area (Å²) in [4.78, 5) is 16.2. The molecule has 1 N–H and O–H groups in total. The number of benzene rings is 1. The summed E-state index contributed by atoms with van der Waals surface area (Å²) < 4.78 is 5.29. The highest BCUT2D eigenvalue weighted by atomic mass is 32.1. The first-order chi connectivity index (χ1) is 11.6. The Kier molecular flexibility index (Phi) is 5.16. The zero-order chi connectivity index (χ0) is 17.1. The van der Waals surface area contributed by atoms with Gasteiger partial charge in [-0.05, 0) is 49.8 Å². The van der Waals surface area contributed by atoms with E-state index in [0.717, 1.165) is 54.5 Å². The van der Waals surface area contributed by atoms with Crippen LogP contribution in [0, 0.1) is 6.92 Å². The largest absolute Gasteiger partial charge is 0.423 e. The van der Waals surface area contributed by atoms with Crippen molar-refractivity contribution in [2.75, 3.05) is 38.0 Å². The van der Waals surface area contributed by atoms with Crippen molar-refractivity contribution in [2.45, 2.75) is 20.3 Å². The van der Waals surface area contributed by atoms with Crippen molar-refractivity contribution in [3.05, 3.63) is 40.2 Å².